The highest BCUT2D eigenvalue weighted by Gasteiger charge is 2.55. The lowest BCUT2D eigenvalue weighted by Gasteiger charge is -2.18. The maximum atomic E-state index is 4.29. The molecule has 0 N–H and O–H groups in total. The fourth-order valence-electron chi connectivity index (χ4n) is 2.67. The van der Waals surface area contributed by atoms with Gasteiger partial charge in [0.1, 0.15) is 0 Å². The second-order valence-corrected chi connectivity index (χ2v) is 4.92. The number of hydrogen-bond acceptors (Lipinski definition) is 1. The Hall–Kier alpha value is -0.820. The Bertz CT molecular complexity index is 332. The van der Waals surface area contributed by atoms with Gasteiger partial charge in [0.2, 0.25) is 0 Å². The van der Waals surface area contributed by atoms with Crippen molar-refractivity contribution in [3.63, 3.8) is 0 Å². The van der Waals surface area contributed by atoms with Crippen LogP contribution < -0.4 is 0 Å². The topological polar surface area (TPSA) is 3.24 Å². The Morgan fingerprint density at radius 1 is 1.36 bits per heavy atom. The third kappa shape index (κ3) is 1.36. The number of rotatable bonds is 2. The fraction of sp³-hybridized carbons (Fsp3) is 0.462. The molecule has 3 rings (SSSR count). The quantitative estimate of drug-likeness (QED) is 0.685. The minimum Gasteiger partial charge on any atom is -0.298 e. The summed E-state index contributed by atoms with van der Waals surface area (Å²) in [6.45, 7) is 7.86. The minimum atomic E-state index is 0.439. The largest absolute Gasteiger partial charge is 0.298 e. The number of nitrogens with zero attached hydrogens (tertiary/aromatic N) is 1. The molecular formula is C13H16N. The maximum Gasteiger partial charge on any atom is 0.0234 e. The first kappa shape index (κ1) is 8.49. The molecule has 1 aromatic rings. The average molecular weight is 186 g/mol. The van der Waals surface area contributed by atoms with Gasteiger partial charge in [0.15, 0.2) is 0 Å². The van der Waals surface area contributed by atoms with Crippen molar-refractivity contribution in [2.24, 2.45) is 11.3 Å². The van der Waals surface area contributed by atoms with Crippen LogP contribution >= 0.6 is 0 Å². The molecule has 1 aliphatic carbocycles. The van der Waals surface area contributed by atoms with Crippen LogP contribution in [-0.2, 0) is 6.54 Å². The van der Waals surface area contributed by atoms with Crippen LogP contribution in [0.4, 0.5) is 0 Å². The summed E-state index contributed by atoms with van der Waals surface area (Å²) in [5.41, 5.74) is 1.87. The first-order valence-electron chi connectivity index (χ1n) is 5.38. The van der Waals surface area contributed by atoms with Gasteiger partial charge >= 0.3 is 0 Å². The van der Waals surface area contributed by atoms with E-state index in [0.29, 0.717) is 5.41 Å². The van der Waals surface area contributed by atoms with Crippen LogP contribution in [0.3, 0.4) is 0 Å². The Morgan fingerprint density at radius 3 is 2.79 bits per heavy atom. The van der Waals surface area contributed by atoms with E-state index in [1.807, 2.05) is 0 Å². The van der Waals surface area contributed by atoms with Crippen LogP contribution in [0.15, 0.2) is 30.3 Å². The van der Waals surface area contributed by atoms with E-state index in [1.54, 1.807) is 0 Å². The molecule has 0 spiro atoms. The lowest BCUT2D eigenvalue weighted by molar-refractivity contribution is 0.285. The molecule has 0 aromatic heterocycles. The van der Waals surface area contributed by atoms with E-state index in [1.165, 1.54) is 25.1 Å². The van der Waals surface area contributed by atoms with Crippen molar-refractivity contribution in [1.29, 1.82) is 0 Å². The third-order valence-corrected chi connectivity index (χ3v) is 3.62. The Labute approximate surface area is 85.7 Å². The van der Waals surface area contributed by atoms with Crippen molar-refractivity contribution in [2.75, 3.05) is 13.1 Å². The van der Waals surface area contributed by atoms with Crippen LogP contribution in [0.2, 0.25) is 0 Å². The molecule has 2 atom stereocenters. The van der Waals surface area contributed by atoms with Gasteiger partial charge in [-0.3, -0.25) is 4.90 Å². The molecule has 1 heterocycles. The van der Waals surface area contributed by atoms with Crippen molar-refractivity contribution in [2.45, 2.75) is 13.0 Å². The van der Waals surface area contributed by atoms with Gasteiger partial charge in [-0.15, -0.1) is 0 Å². The van der Waals surface area contributed by atoms with E-state index in [0.717, 1.165) is 12.5 Å². The van der Waals surface area contributed by atoms with Gasteiger partial charge in [-0.2, -0.15) is 0 Å². The van der Waals surface area contributed by atoms with Gasteiger partial charge in [0.05, 0.1) is 0 Å². The van der Waals surface area contributed by atoms with Crippen LogP contribution in [0.1, 0.15) is 12.0 Å². The second kappa shape index (κ2) is 2.83. The monoisotopic (exact) mass is 186 g/mol. The molecule has 2 unspecified atom stereocenters. The number of likely N-dealkylation sites (tertiary alicyclic amines) is 1. The van der Waals surface area contributed by atoms with Crippen molar-refractivity contribution in [1.82, 2.24) is 4.90 Å². The number of hydrogen-bond donors (Lipinski definition) is 0. The van der Waals surface area contributed by atoms with Crippen LogP contribution in [0.25, 0.3) is 0 Å². The van der Waals surface area contributed by atoms with E-state index in [4.69, 9.17) is 0 Å². The van der Waals surface area contributed by atoms with Gasteiger partial charge in [-0.05, 0) is 30.2 Å². The maximum absolute atomic E-state index is 4.29. The zero-order valence-electron chi connectivity index (χ0n) is 8.45. The SMILES string of the molecule is [CH2]C12CC1CN(Cc1ccccc1)C2. The van der Waals surface area contributed by atoms with Gasteiger partial charge in [0.25, 0.3) is 0 Å². The highest BCUT2D eigenvalue weighted by atomic mass is 15.2. The number of fused-ring (bicyclic) bond motifs is 1. The standard InChI is InChI=1S/C13H16N/c1-13-7-12(13)9-14(10-13)8-11-5-3-2-4-6-11/h2-6,12H,1,7-10H2. The summed E-state index contributed by atoms with van der Waals surface area (Å²) in [5, 5.41) is 0. The normalized spacial score (nSPS) is 35.6. The van der Waals surface area contributed by atoms with Crippen molar-refractivity contribution >= 4 is 0 Å². The number of piperidine rings is 1. The summed E-state index contributed by atoms with van der Waals surface area (Å²) in [5.74, 6) is 0.895. The molecule has 1 heteroatoms. The Morgan fingerprint density at radius 2 is 2.14 bits per heavy atom. The predicted molar refractivity (Wildman–Crippen MR) is 57.6 cm³/mol. The summed E-state index contributed by atoms with van der Waals surface area (Å²) < 4.78 is 0. The predicted octanol–water partition coefficient (Wildman–Crippen LogP) is 2.34. The zero-order valence-corrected chi connectivity index (χ0v) is 8.45. The summed E-state index contributed by atoms with van der Waals surface area (Å²) in [6, 6.07) is 10.7. The van der Waals surface area contributed by atoms with Gasteiger partial charge < -0.3 is 0 Å². The summed E-state index contributed by atoms with van der Waals surface area (Å²) >= 11 is 0. The molecule has 1 saturated heterocycles. The van der Waals surface area contributed by atoms with E-state index >= 15 is 0 Å². The Kier molecular flexibility index (Phi) is 1.72. The van der Waals surface area contributed by atoms with Crippen molar-refractivity contribution < 1.29 is 0 Å². The van der Waals surface area contributed by atoms with Crippen LogP contribution in [0, 0.1) is 18.3 Å². The highest BCUT2D eigenvalue weighted by molar-refractivity contribution is 5.17. The molecule has 1 radical (unpaired) electrons. The highest BCUT2D eigenvalue weighted by Crippen LogP contribution is 2.57. The van der Waals surface area contributed by atoms with E-state index < -0.39 is 0 Å². The number of benzene rings is 1. The molecule has 0 bridgehead atoms. The van der Waals surface area contributed by atoms with Crippen molar-refractivity contribution in [3.05, 3.63) is 42.8 Å². The molecule has 73 valence electrons. The molecule has 1 saturated carbocycles. The van der Waals surface area contributed by atoms with Crippen LogP contribution in [-0.4, -0.2) is 18.0 Å². The molecule has 2 aliphatic rings. The molecule has 1 nitrogen and oxygen atoms in total. The van der Waals surface area contributed by atoms with Crippen LogP contribution in [0.5, 0.6) is 0 Å². The second-order valence-electron chi connectivity index (χ2n) is 4.92. The van der Waals surface area contributed by atoms with E-state index in [2.05, 4.69) is 42.2 Å². The lowest BCUT2D eigenvalue weighted by Crippen LogP contribution is -2.23. The summed E-state index contributed by atoms with van der Waals surface area (Å²) in [4.78, 5) is 2.54. The smallest absolute Gasteiger partial charge is 0.0234 e. The van der Waals surface area contributed by atoms with Gasteiger partial charge in [0, 0.05) is 19.6 Å². The molecule has 14 heavy (non-hydrogen) atoms. The van der Waals surface area contributed by atoms with E-state index in [-0.39, 0.29) is 0 Å². The first-order chi connectivity index (χ1) is 6.76. The summed E-state index contributed by atoms with van der Waals surface area (Å²) in [7, 11) is 0. The van der Waals surface area contributed by atoms with E-state index in [9.17, 15) is 0 Å². The molecule has 1 aliphatic heterocycles. The minimum absolute atomic E-state index is 0.439. The fourth-order valence-corrected chi connectivity index (χ4v) is 2.67. The molecule has 0 amide bonds. The molecule has 2 fully saturated rings. The first-order valence-corrected chi connectivity index (χ1v) is 5.38. The molecule has 1 aromatic carbocycles. The van der Waals surface area contributed by atoms with Gasteiger partial charge in [-0.1, -0.05) is 30.3 Å². The van der Waals surface area contributed by atoms with Crippen molar-refractivity contribution in [3.8, 4) is 0 Å². The zero-order chi connectivity index (χ0) is 9.60. The average Bonchev–Trinajstić information content (AvgIpc) is 2.67. The van der Waals surface area contributed by atoms with Gasteiger partial charge in [-0.25, -0.2) is 0 Å². The molecular weight excluding hydrogens is 170 g/mol. The third-order valence-electron chi connectivity index (χ3n) is 3.62. The lowest BCUT2D eigenvalue weighted by atomic mass is 10.1. The summed E-state index contributed by atoms with van der Waals surface area (Å²) in [6.07, 6.45) is 1.36. The Balaban J connectivity index is 1.65.